The third-order valence-electron chi connectivity index (χ3n) is 1.88. The molecule has 1 N–H and O–H groups in total. The van der Waals surface area contributed by atoms with Crippen LogP contribution in [0.3, 0.4) is 0 Å². The number of carbonyl (C=O) groups is 1. The maximum absolute atomic E-state index is 11.1. The Hall–Kier alpha value is -0.350. The molecule has 0 saturated heterocycles. The Balaban J connectivity index is 3.05. The molecule has 76 valence electrons. The standard InChI is InChI=1S/C10H10Br2O2/c1-6(13)10(12)8-3-2-7(5-11)4-9(8)14/h2-4,10,14H,5H2,1H3. The minimum atomic E-state index is -0.424. The van der Waals surface area contributed by atoms with Gasteiger partial charge in [0.15, 0.2) is 0 Å². The molecule has 1 aromatic carbocycles. The van der Waals surface area contributed by atoms with Crippen molar-refractivity contribution in [1.82, 2.24) is 0 Å². The summed E-state index contributed by atoms with van der Waals surface area (Å²) in [5, 5.41) is 10.3. The summed E-state index contributed by atoms with van der Waals surface area (Å²) in [6.07, 6.45) is 0. The number of ketones is 1. The van der Waals surface area contributed by atoms with Crippen molar-refractivity contribution in [3.8, 4) is 5.75 Å². The molecule has 0 aliphatic heterocycles. The van der Waals surface area contributed by atoms with Crippen LogP contribution in [0.15, 0.2) is 18.2 Å². The Morgan fingerprint density at radius 3 is 2.64 bits per heavy atom. The molecule has 0 aliphatic rings. The first kappa shape index (κ1) is 11.7. The molecule has 1 rings (SSSR count). The summed E-state index contributed by atoms with van der Waals surface area (Å²) in [6, 6.07) is 5.29. The van der Waals surface area contributed by atoms with Crippen LogP contribution in [-0.2, 0) is 10.1 Å². The van der Waals surface area contributed by atoms with Crippen LogP contribution in [0.5, 0.6) is 5.75 Å². The monoisotopic (exact) mass is 320 g/mol. The molecule has 14 heavy (non-hydrogen) atoms. The number of phenols is 1. The second-order valence-corrected chi connectivity index (χ2v) is 4.48. The summed E-state index contributed by atoms with van der Waals surface area (Å²) in [6.45, 7) is 1.48. The normalized spacial score (nSPS) is 12.5. The van der Waals surface area contributed by atoms with Crippen molar-refractivity contribution in [2.24, 2.45) is 0 Å². The van der Waals surface area contributed by atoms with Gasteiger partial charge in [-0.15, -0.1) is 0 Å². The van der Waals surface area contributed by atoms with E-state index in [1.165, 1.54) is 6.92 Å². The van der Waals surface area contributed by atoms with Crippen molar-refractivity contribution in [3.63, 3.8) is 0 Å². The van der Waals surface area contributed by atoms with Crippen molar-refractivity contribution < 1.29 is 9.90 Å². The van der Waals surface area contributed by atoms with E-state index in [0.717, 1.165) is 5.56 Å². The Bertz CT molecular complexity index is 350. The van der Waals surface area contributed by atoms with Gasteiger partial charge < -0.3 is 5.11 Å². The van der Waals surface area contributed by atoms with Crippen molar-refractivity contribution in [2.45, 2.75) is 17.1 Å². The van der Waals surface area contributed by atoms with Crippen LogP contribution >= 0.6 is 31.9 Å². The second kappa shape index (κ2) is 4.94. The van der Waals surface area contributed by atoms with Gasteiger partial charge in [0, 0.05) is 10.9 Å². The van der Waals surface area contributed by atoms with E-state index in [9.17, 15) is 9.90 Å². The maximum Gasteiger partial charge on any atom is 0.147 e. The lowest BCUT2D eigenvalue weighted by Gasteiger charge is -2.09. The number of hydrogen-bond donors (Lipinski definition) is 1. The molecule has 2 nitrogen and oxygen atoms in total. The molecule has 0 aromatic heterocycles. The van der Waals surface area contributed by atoms with E-state index in [-0.39, 0.29) is 11.5 Å². The molecule has 0 radical (unpaired) electrons. The van der Waals surface area contributed by atoms with Gasteiger partial charge >= 0.3 is 0 Å². The number of phenolic OH excluding ortho intramolecular Hbond substituents is 1. The molecular weight excluding hydrogens is 312 g/mol. The molecule has 1 unspecified atom stereocenters. The predicted molar refractivity (Wildman–Crippen MR) is 63.1 cm³/mol. The molecule has 0 saturated carbocycles. The van der Waals surface area contributed by atoms with E-state index in [1.54, 1.807) is 12.1 Å². The molecular formula is C10H10Br2O2. The molecule has 0 spiro atoms. The smallest absolute Gasteiger partial charge is 0.147 e. The van der Waals surface area contributed by atoms with E-state index < -0.39 is 4.83 Å². The van der Waals surface area contributed by atoms with Crippen molar-refractivity contribution >= 4 is 37.6 Å². The van der Waals surface area contributed by atoms with Crippen LogP contribution < -0.4 is 0 Å². The Morgan fingerprint density at radius 2 is 2.21 bits per heavy atom. The largest absolute Gasteiger partial charge is 0.508 e. The lowest BCUT2D eigenvalue weighted by atomic mass is 10.1. The van der Waals surface area contributed by atoms with Gasteiger partial charge in [-0.1, -0.05) is 44.0 Å². The van der Waals surface area contributed by atoms with Gasteiger partial charge in [0.2, 0.25) is 0 Å². The van der Waals surface area contributed by atoms with Crippen LogP contribution in [0.2, 0.25) is 0 Å². The molecule has 1 aromatic rings. The van der Waals surface area contributed by atoms with Crippen molar-refractivity contribution in [3.05, 3.63) is 29.3 Å². The topological polar surface area (TPSA) is 37.3 Å². The summed E-state index contributed by atoms with van der Waals surface area (Å²) in [5.74, 6) is 0.130. The molecule has 0 amide bonds. The molecule has 0 heterocycles. The van der Waals surface area contributed by atoms with E-state index in [1.807, 2.05) is 6.07 Å². The third kappa shape index (κ3) is 2.58. The SMILES string of the molecule is CC(=O)C(Br)c1ccc(CBr)cc1O. The number of benzene rings is 1. The van der Waals surface area contributed by atoms with Crippen molar-refractivity contribution in [2.75, 3.05) is 0 Å². The zero-order chi connectivity index (χ0) is 10.7. The summed E-state index contributed by atoms with van der Waals surface area (Å²) < 4.78 is 0. The molecule has 0 aliphatic carbocycles. The first-order chi connectivity index (χ1) is 6.56. The number of carbonyl (C=O) groups excluding carboxylic acids is 1. The van der Waals surface area contributed by atoms with Crippen LogP contribution in [0.25, 0.3) is 0 Å². The van der Waals surface area contributed by atoms with Gasteiger partial charge in [-0.2, -0.15) is 0 Å². The van der Waals surface area contributed by atoms with Crippen LogP contribution in [0.1, 0.15) is 22.9 Å². The average Bonchev–Trinajstić information content (AvgIpc) is 2.16. The van der Waals surface area contributed by atoms with Gasteiger partial charge in [-0.05, 0) is 18.6 Å². The van der Waals surface area contributed by atoms with Crippen LogP contribution in [0.4, 0.5) is 0 Å². The fourth-order valence-electron chi connectivity index (χ4n) is 1.11. The Labute approximate surface area is 99.6 Å². The van der Waals surface area contributed by atoms with Gasteiger partial charge in [0.1, 0.15) is 16.4 Å². The number of aromatic hydroxyl groups is 1. The van der Waals surface area contributed by atoms with Gasteiger partial charge in [0.05, 0.1) is 0 Å². The van der Waals surface area contributed by atoms with Crippen molar-refractivity contribution in [1.29, 1.82) is 0 Å². The highest BCUT2D eigenvalue weighted by Crippen LogP contribution is 2.32. The highest BCUT2D eigenvalue weighted by Gasteiger charge is 2.16. The Morgan fingerprint density at radius 1 is 1.57 bits per heavy atom. The van der Waals surface area contributed by atoms with E-state index in [0.29, 0.717) is 10.9 Å². The summed E-state index contributed by atoms with van der Waals surface area (Å²) in [7, 11) is 0. The fourth-order valence-corrected chi connectivity index (χ4v) is 1.84. The number of alkyl halides is 2. The quantitative estimate of drug-likeness (QED) is 0.867. The zero-order valence-electron chi connectivity index (χ0n) is 7.63. The molecule has 4 heteroatoms. The maximum atomic E-state index is 11.1. The minimum Gasteiger partial charge on any atom is -0.508 e. The summed E-state index contributed by atoms with van der Waals surface area (Å²) >= 11 is 6.52. The highest BCUT2D eigenvalue weighted by atomic mass is 79.9. The average molecular weight is 322 g/mol. The summed E-state index contributed by atoms with van der Waals surface area (Å²) in [5.41, 5.74) is 1.59. The van der Waals surface area contributed by atoms with Gasteiger partial charge in [-0.3, -0.25) is 4.79 Å². The first-order valence-corrected chi connectivity index (χ1v) is 6.12. The first-order valence-electron chi connectivity index (χ1n) is 4.08. The number of hydrogen-bond acceptors (Lipinski definition) is 2. The number of halogens is 2. The highest BCUT2D eigenvalue weighted by molar-refractivity contribution is 9.09. The minimum absolute atomic E-state index is 0.0214. The molecule has 0 fully saturated rings. The molecule has 1 atom stereocenters. The lowest BCUT2D eigenvalue weighted by molar-refractivity contribution is -0.116. The van der Waals surface area contributed by atoms with Crippen LogP contribution in [0, 0.1) is 0 Å². The molecule has 0 bridgehead atoms. The van der Waals surface area contributed by atoms with E-state index >= 15 is 0 Å². The Kier molecular flexibility index (Phi) is 4.13. The lowest BCUT2D eigenvalue weighted by Crippen LogP contribution is -2.01. The van der Waals surface area contributed by atoms with Gasteiger partial charge in [-0.25, -0.2) is 0 Å². The number of rotatable bonds is 3. The second-order valence-electron chi connectivity index (χ2n) is 3.00. The predicted octanol–water partition coefficient (Wildman–Crippen LogP) is 3.31. The summed E-state index contributed by atoms with van der Waals surface area (Å²) in [4.78, 5) is 10.7. The van der Waals surface area contributed by atoms with E-state index in [4.69, 9.17) is 0 Å². The fraction of sp³-hybridized carbons (Fsp3) is 0.300. The van der Waals surface area contributed by atoms with Gasteiger partial charge in [0.25, 0.3) is 0 Å². The third-order valence-corrected chi connectivity index (χ3v) is 3.66. The zero-order valence-corrected chi connectivity index (χ0v) is 10.8. The van der Waals surface area contributed by atoms with E-state index in [2.05, 4.69) is 31.9 Å². The van der Waals surface area contributed by atoms with Crippen LogP contribution in [-0.4, -0.2) is 10.9 Å². The number of Topliss-reactive ketones (excluding diaryl/α,β-unsaturated/α-hetero) is 1.